The first kappa shape index (κ1) is 14.9. The Morgan fingerprint density at radius 2 is 1.53 bits per heavy atom. The summed E-state index contributed by atoms with van der Waals surface area (Å²) in [4.78, 5) is 0. The lowest BCUT2D eigenvalue weighted by Gasteiger charge is -2.31. The fourth-order valence-corrected chi connectivity index (χ4v) is 1.21. The van der Waals surface area contributed by atoms with Crippen LogP contribution in [0.5, 0.6) is 0 Å². The number of hydrogen-bond acceptors (Lipinski definition) is 2. The van der Waals surface area contributed by atoms with Crippen LogP contribution in [0.15, 0.2) is 0 Å². The van der Waals surface area contributed by atoms with Gasteiger partial charge in [0, 0.05) is 18.7 Å². The van der Waals surface area contributed by atoms with E-state index in [1.165, 1.54) is 0 Å². The summed E-state index contributed by atoms with van der Waals surface area (Å²) in [5.41, 5.74) is 0.312. The summed E-state index contributed by atoms with van der Waals surface area (Å²) >= 11 is 0. The van der Waals surface area contributed by atoms with E-state index >= 15 is 0 Å². The first-order valence-electron chi connectivity index (χ1n) is 6.07. The molecule has 2 atom stereocenters. The second-order valence-electron chi connectivity index (χ2n) is 6.09. The Labute approximate surface area is 95.8 Å². The Morgan fingerprint density at radius 1 is 1.00 bits per heavy atom. The van der Waals surface area contributed by atoms with E-state index in [4.69, 9.17) is 4.74 Å². The van der Waals surface area contributed by atoms with Gasteiger partial charge in [0.05, 0.1) is 6.61 Å². The third kappa shape index (κ3) is 7.80. The predicted octanol–water partition coefficient (Wildman–Crippen LogP) is 3.07. The Balaban J connectivity index is 3.69. The van der Waals surface area contributed by atoms with Crippen LogP contribution in [-0.2, 0) is 4.74 Å². The van der Waals surface area contributed by atoms with Crippen molar-refractivity contribution >= 4 is 0 Å². The average molecular weight is 215 g/mol. The first-order chi connectivity index (χ1) is 6.73. The number of rotatable bonds is 6. The van der Waals surface area contributed by atoms with Crippen LogP contribution in [-0.4, -0.2) is 25.3 Å². The summed E-state index contributed by atoms with van der Waals surface area (Å²) in [6.45, 7) is 17.2. The van der Waals surface area contributed by atoms with E-state index in [9.17, 15) is 0 Å². The van der Waals surface area contributed by atoms with Crippen LogP contribution in [0.1, 0.15) is 48.5 Å². The largest absolute Gasteiger partial charge is 0.380 e. The molecule has 0 aliphatic carbocycles. The van der Waals surface area contributed by atoms with Crippen LogP contribution in [0, 0.1) is 11.3 Å². The zero-order chi connectivity index (χ0) is 12.1. The number of hydrogen-bond donors (Lipinski definition) is 1. The molecule has 0 heterocycles. The van der Waals surface area contributed by atoms with Crippen LogP contribution >= 0.6 is 0 Å². The van der Waals surface area contributed by atoms with Crippen LogP contribution in [0.25, 0.3) is 0 Å². The summed E-state index contributed by atoms with van der Waals surface area (Å²) in [5.74, 6) is 0.622. The molecule has 0 spiro atoms. The highest BCUT2D eigenvalue weighted by molar-refractivity contribution is 4.78. The van der Waals surface area contributed by atoms with Crippen molar-refractivity contribution in [2.24, 2.45) is 11.3 Å². The monoisotopic (exact) mass is 215 g/mol. The van der Waals surface area contributed by atoms with E-state index in [1.54, 1.807) is 0 Å². The van der Waals surface area contributed by atoms with Gasteiger partial charge >= 0.3 is 0 Å². The molecular weight excluding hydrogens is 186 g/mol. The molecule has 0 bridgehead atoms. The molecule has 0 aliphatic heterocycles. The second-order valence-corrected chi connectivity index (χ2v) is 6.09. The van der Waals surface area contributed by atoms with Crippen molar-refractivity contribution in [2.45, 2.75) is 60.5 Å². The maximum absolute atomic E-state index is 5.61. The first-order valence-corrected chi connectivity index (χ1v) is 6.07. The zero-order valence-electron chi connectivity index (χ0n) is 11.6. The SMILES string of the molecule is CC(C)COCC(C)NC(C)C(C)(C)C. The minimum atomic E-state index is 0.312. The van der Waals surface area contributed by atoms with Gasteiger partial charge in [0.25, 0.3) is 0 Å². The summed E-state index contributed by atoms with van der Waals surface area (Å²) in [7, 11) is 0. The van der Waals surface area contributed by atoms with Gasteiger partial charge in [-0.3, -0.25) is 0 Å². The van der Waals surface area contributed by atoms with Crippen molar-refractivity contribution in [1.82, 2.24) is 5.32 Å². The standard InChI is InChI=1S/C13H29NO/c1-10(2)8-15-9-11(3)14-12(4)13(5,6)7/h10-12,14H,8-9H2,1-7H3. The Hall–Kier alpha value is -0.0800. The molecule has 0 aliphatic rings. The molecule has 0 fully saturated rings. The molecule has 2 heteroatoms. The fraction of sp³-hybridized carbons (Fsp3) is 1.00. The van der Waals surface area contributed by atoms with E-state index in [0.717, 1.165) is 13.2 Å². The molecule has 0 aromatic carbocycles. The molecule has 0 saturated carbocycles. The van der Waals surface area contributed by atoms with Gasteiger partial charge in [-0.15, -0.1) is 0 Å². The summed E-state index contributed by atoms with van der Waals surface area (Å²) in [5, 5.41) is 3.57. The van der Waals surface area contributed by atoms with Gasteiger partial charge in [-0.2, -0.15) is 0 Å². The van der Waals surface area contributed by atoms with Crippen molar-refractivity contribution in [3.8, 4) is 0 Å². The highest BCUT2D eigenvalue weighted by Crippen LogP contribution is 2.18. The molecule has 1 N–H and O–H groups in total. The average Bonchev–Trinajstić information content (AvgIpc) is 2.01. The smallest absolute Gasteiger partial charge is 0.0617 e. The van der Waals surface area contributed by atoms with Gasteiger partial charge in [0.2, 0.25) is 0 Å². The molecule has 0 amide bonds. The minimum absolute atomic E-state index is 0.312. The summed E-state index contributed by atoms with van der Waals surface area (Å²) < 4.78 is 5.61. The van der Waals surface area contributed by atoms with Crippen molar-refractivity contribution < 1.29 is 4.74 Å². The molecule has 0 rings (SSSR count). The van der Waals surface area contributed by atoms with E-state index in [-0.39, 0.29) is 0 Å². The van der Waals surface area contributed by atoms with Gasteiger partial charge < -0.3 is 10.1 Å². The molecule has 2 nitrogen and oxygen atoms in total. The van der Waals surface area contributed by atoms with Gasteiger partial charge in [0.15, 0.2) is 0 Å². The van der Waals surface area contributed by atoms with Crippen LogP contribution in [0.2, 0.25) is 0 Å². The van der Waals surface area contributed by atoms with Crippen LogP contribution in [0.4, 0.5) is 0 Å². The second kappa shape index (κ2) is 6.49. The van der Waals surface area contributed by atoms with Crippen molar-refractivity contribution in [3.05, 3.63) is 0 Å². The maximum atomic E-state index is 5.61. The molecular formula is C13H29NO. The number of ether oxygens (including phenoxy) is 1. The van der Waals surface area contributed by atoms with E-state index in [0.29, 0.717) is 23.4 Å². The highest BCUT2D eigenvalue weighted by atomic mass is 16.5. The van der Waals surface area contributed by atoms with E-state index in [1.807, 2.05) is 0 Å². The Morgan fingerprint density at radius 3 is 1.93 bits per heavy atom. The molecule has 2 unspecified atom stereocenters. The summed E-state index contributed by atoms with van der Waals surface area (Å²) in [6, 6.07) is 0.938. The predicted molar refractivity (Wildman–Crippen MR) is 67.2 cm³/mol. The lowest BCUT2D eigenvalue weighted by atomic mass is 9.88. The normalized spacial score (nSPS) is 16.8. The van der Waals surface area contributed by atoms with Gasteiger partial charge in [-0.05, 0) is 25.2 Å². The van der Waals surface area contributed by atoms with Crippen molar-refractivity contribution in [3.63, 3.8) is 0 Å². The molecule has 0 radical (unpaired) electrons. The zero-order valence-corrected chi connectivity index (χ0v) is 11.6. The summed E-state index contributed by atoms with van der Waals surface area (Å²) in [6.07, 6.45) is 0. The lowest BCUT2D eigenvalue weighted by Crippen LogP contribution is -2.44. The molecule has 15 heavy (non-hydrogen) atoms. The van der Waals surface area contributed by atoms with Crippen molar-refractivity contribution in [1.29, 1.82) is 0 Å². The highest BCUT2D eigenvalue weighted by Gasteiger charge is 2.21. The third-order valence-electron chi connectivity index (χ3n) is 2.65. The third-order valence-corrected chi connectivity index (χ3v) is 2.65. The maximum Gasteiger partial charge on any atom is 0.0617 e. The van der Waals surface area contributed by atoms with Gasteiger partial charge in [0.1, 0.15) is 0 Å². The Bertz CT molecular complexity index is 160. The van der Waals surface area contributed by atoms with E-state index < -0.39 is 0 Å². The molecule has 0 aromatic heterocycles. The molecule has 0 aromatic rings. The lowest BCUT2D eigenvalue weighted by molar-refractivity contribution is 0.0863. The number of nitrogens with one attached hydrogen (secondary N) is 1. The van der Waals surface area contributed by atoms with Crippen LogP contribution in [0.3, 0.4) is 0 Å². The van der Waals surface area contributed by atoms with Crippen molar-refractivity contribution in [2.75, 3.05) is 13.2 Å². The minimum Gasteiger partial charge on any atom is -0.380 e. The Kier molecular flexibility index (Phi) is 6.46. The quantitative estimate of drug-likeness (QED) is 0.735. The van der Waals surface area contributed by atoms with E-state index in [2.05, 4.69) is 53.8 Å². The van der Waals surface area contributed by atoms with Gasteiger partial charge in [-0.25, -0.2) is 0 Å². The fourth-order valence-electron chi connectivity index (χ4n) is 1.21. The molecule has 0 saturated heterocycles. The molecule has 92 valence electrons. The topological polar surface area (TPSA) is 21.3 Å². The van der Waals surface area contributed by atoms with Crippen LogP contribution < -0.4 is 5.32 Å². The van der Waals surface area contributed by atoms with Gasteiger partial charge in [-0.1, -0.05) is 34.6 Å².